The summed E-state index contributed by atoms with van der Waals surface area (Å²) in [7, 11) is 0. The lowest BCUT2D eigenvalue weighted by Crippen LogP contribution is -2.06. The summed E-state index contributed by atoms with van der Waals surface area (Å²) < 4.78 is 0. The molecule has 0 aliphatic heterocycles. The summed E-state index contributed by atoms with van der Waals surface area (Å²) in [6.45, 7) is 0. The average molecular weight is 190 g/mol. The first kappa shape index (κ1) is 8.81. The molecule has 0 unspecified atom stereocenters. The maximum atomic E-state index is 10.7. The largest absolute Gasteiger partial charge is 0.508 e. The number of carboxylic acid groups (broad SMARTS) is 1. The van der Waals surface area contributed by atoms with Crippen LogP contribution in [0.25, 0.3) is 6.08 Å². The molecule has 1 aromatic carbocycles. The van der Waals surface area contributed by atoms with Crippen molar-refractivity contribution in [3.8, 4) is 5.75 Å². The molecular formula is C11H10O3. The Bertz CT molecular complexity index is 419. The molecule has 0 saturated carbocycles. The minimum absolute atomic E-state index is 0.232. The molecule has 0 aromatic heterocycles. The monoisotopic (exact) mass is 190 g/mol. The van der Waals surface area contributed by atoms with Crippen molar-refractivity contribution in [3.63, 3.8) is 0 Å². The summed E-state index contributed by atoms with van der Waals surface area (Å²) in [6, 6.07) is 5.00. The second kappa shape index (κ2) is 3.18. The molecule has 2 rings (SSSR count). The molecule has 0 heterocycles. The highest BCUT2D eigenvalue weighted by atomic mass is 16.4. The summed E-state index contributed by atoms with van der Waals surface area (Å²) in [6.07, 6.45) is 2.88. The molecule has 3 heteroatoms. The van der Waals surface area contributed by atoms with E-state index in [0.29, 0.717) is 18.4 Å². The van der Waals surface area contributed by atoms with E-state index in [4.69, 9.17) is 5.11 Å². The van der Waals surface area contributed by atoms with Crippen LogP contribution in [0.3, 0.4) is 0 Å². The number of aryl methyl sites for hydroxylation is 1. The van der Waals surface area contributed by atoms with Gasteiger partial charge in [-0.2, -0.15) is 0 Å². The van der Waals surface area contributed by atoms with Gasteiger partial charge in [-0.15, -0.1) is 0 Å². The smallest absolute Gasteiger partial charge is 0.331 e. The Kier molecular flexibility index (Phi) is 2.00. The van der Waals surface area contributed by atoms with Gasteiger partial charge in [-0.25, -0.2) is 4.79 Å². The van der Waals surface area contributed by atoms with E-state index in [1.807, 2.05) is 0 Å². The van der Waals surface area contributed by atoms with Crippen LogP contribution in [0.2, 0.25) is 0 Å². The Morgan fingerprint density at radius 2 is 2.07 bits per heavy atom. The number of carbonyl (C=O) groups is 1. The third-order valence-corrected chi connectivity index (χ3v) is 2.39. The minimum atomic E-state index is -0.858. The zero-order valence-corrected chi connectivity index (χ0v) is 7.53. The molecule has 0 amide bonds. The van der Waals surface area contributed by atoms with Crippen molar-refractivity contribution in [2.45, 2.75) is 12.8 Å². The third-order valence-electron chi connectivity index (χ3n) is 2.39. The highest BCUT2D eigenvalue weighted by Crippen LogP contribution is 2.26. The van der Waals surface area contributed by atoms with Gasteiger partial charge < -0.3 is 10.2 Å². The Hall–Kier alpha value is -1.77. The summed E-state index contributed by atoms with van der Waals surface area (Å²) in [5.41, 5.74) is 2.34. The first-order valence-corrected chi connectivity index (χ1v) is 4.42. The highest BCUT2D eigenvalue weighted by molar-refractivity contribution is 5.93. The van der Waals surface area contributed by atoms with E-state index in [2.05, 4.69) is 0 Å². The van der Waals surface area contributed by atoms with Gasteiger partial charge in [0.05, 0.1) is 0 Å². The number of benzene rings is 1. The first-order valence-electron chi connectivity index (χ1n) is 4.42. The number of rotatable bonds is 1. The van der Waals surface area contributed by atoms with Crippen LogP contribution >= 0.6 is 0 Å². The molecule has 3 nitrogen and oxygen atoms in total. The fourth-order valence-electron chi connectivity index (χ4n) is 1.65. The van der Waals surface area contributed by atoms with Gasteiger partial charge >= 0.3 is 5.97 Å². The van der Waals surface area contributed by atoms with Gasteiger partial charge in [0.1, 0.15) is 5.75 Å². The summed E-state index contributed by atoms with van der Waals surface area (Å²) in [5, 5.41) is 18.0. The van der Waals surface area contributed by atoms with Crippen molar-refractivity contribution in [1.82, 2.24) is 0 Å². The topological polar surface area (TPSA) is 57.5 Å². The Morgan fingerprint density at radius 1 is 1.29 bits per heavy atom. The summed E-state index contributed by atoms with van der Waals surface area (Å²) in [5.74, 6) is -0.625. The van der Waals surface area contributed by atoms with Gasteiger partial charge in [-0.05, 0) is 42.2 Å². The quantitative estimate of drug-likeness (QED) is 0.710. The number of aromatic hydroxyl groups is 1. The lowest BCUT2D eigenvalue weighted by atomic mass is 9.92. The van der Waals surface area contributed by atoms with Gasteiger partial charge in [-0.1, -0.05) is 6.07 Å². The maximum absolute atomic E-state index is 10.7. The minimum Gasteiger partial charge on any atom is -0.508 e. The zero-order chi connectivity index (χ0) is 10.1. The molecule has 1 aliphatic rings. The fourth-order valence-corrected chi connectivity index (χ4v) is 1.65. The van der Waals surface area contributed by atoms with E-state index in [1.54, 1.807) is 24.3 Å². The van der Waals surface area contributed by atoms with E-state index in [1.165, 1.54) is 0 Å². The van der Waals surface area contributed by atoms with E-state index in [-0.39, 0.29) is 5.75 Å². The molecule has 1 aliphatic carbocycles. The SMILES string of the molecule is O=C(O)C1=Cc2ccc(O)cc2CC1. The van der Waals surface area contributed by atoms with Crippen molar-refractivity contribution >= 4 is 12.0 Å². The van der Waals surface area contributed by atoms with E-state index >= 15 is 0 Å². The van der Waals surface area contributed by atoms with E-state index in [0.717, 1.165) is 11.1 Å². The fraction of sp³-hybridized carbons (Fsp3) is 0.182. The van der Waals surface area contributed by atoms with Crippen molar-refractivity contribution < 1.29 is 15.0 Å². The number of hydrogen-bond acceptors (Lipinski definition) is 2. The van der Waals surface area contributed by atoms with Crippen LogP contribution in [-0.4, -0.2) is 16.2 Å². The summed E-state index contributed by atoms with van der Waals surface area (Å²) in [4.78, 5) is 10.7. The third kappa shape index (κ3) is 1.48. The number of aliphatic carboxylic acids is 1. The Balaban J connectivity index is 2.45. The van der Waals surface area contributed by atoms with Crippen LogP contribution in [0, 0.1) is 0 Å². The van der Waals surface area contributed by atoms with Crippen molar-refractivity contribution in [3.05, 3.63) is 34.9 Å². The highest BCUT2D eigenvalue weighted by Gasteiger charge is 2.15. The molecule has 72 valence electrons. The normalized spacial score (nSPS) is 14.4. The molecule has 0 atom stereocenters. The number of carboxylic acids is 1. The summed E-state index contributed by atoms with van der Waals surface area (Å²) >= 11 is 0. The van der Waals surface area contributed by atoms with Crippen molar-refractivity contribution in [2.24, 2.45) is 0 Å². The van der Waals surface area contributed by atoms with Crippen molar-refractivity contribution in [2.75, 3.05) is 0 Å². The molecule has 1 aromatic rings. The van der Waals surface area contributed by atoms with Crippen LogP contribution in [0.1, 0.15) is 17.5 Å². The van der Waals surface area contributed by atoms with Crippen LogP contribution in [0.5, 0.6) is 5.75 Å². The molecule has 0 bridgehead atoms. The second-order valence-electron chi connectivity index (χ2n) is 3.36. The molecule has 14 heavy (non-hydrogen) atoms. The lowest BCUT2D eigenvalue weighted by molar-refractivity contribution is -0.132. The second-order valence-corrected chi connectivity index (χ2v) is 3.36. The standard InChI is InChI=1S/C11H10O3/c12-10-4-3-7-5-9(11(13)14)2-1-8(7)6-10/h3-6,12H,1-2H2,(H,13,14). The predicted molar refractivity (Wildman–Crippen MR) is 52.0 cm³/mol. The molecule has 2 N–H and O–H groups in total. The van der Waals surface area contributed by atoms with E-state index < -0.39 is 5.97 Å². The Labute approximate surface area is 81.3 Å². The lowest BCUT2D eigenvalue weighted by Gasteiger charge is -2.13. The molecular weight excluding hydrogens is 180 g/mol. The van der Waals surface area contributed by atoms with Gasteiger partial charge in [0.2, 0.25) is 0 Å². The molecule has 0 spiro atoms. The number of phenolic OH excluding ortho intramolecular Hbond substituents is 1. The van der Waals surface area contributed by atoms with Crippen LogP contribution in [0.15, 0.2) is 23.8 Å². The van der Waals surface area contributed by atoms with Crippen LogP contribution in [0.4, 0.5) is 0 Å². The van der Waals surface area contributed by atoms with Gasteiger partial charge in [-0.3, -0.25) is 0 Å². The number of hydrogen-bond donors (Lipinski definition) is 2. The van der Waals surface area contributed by atoms with Gasteiger partial charge in [0, 0.05) is 5.57 Å². The number of phenols is 1. The van der Waals surface area contributed by atoms with Crippen LogP contribution < -0.4 is 0 Å². The first-order chi connectivity index (χ1) is 6.66. The Morgan fingerprint density at radius 3 is 2.79 bits per heavy atom. The van der Waals surface area contributed by atoms with Gasteiger partial charge in [0.25, 0.3) is 0 Å². The van der Waals surface area contributed by atoms with E-state index in [9.17, 15) is 9.90 Å². The van der Waals surface area contributed by atoms with Crippen molar-refractivity contribution in [1.29, 1.82) is 0 Å². The predicted octanol–water partition coefficient (Wildman–Crippen LogP) is 1.81. The molecule has 0 saturated heterocycles. The average Bonchev–Trinajstić information content (AvgIpc) is 2.16. The molecule has 0 radical (unpaired) electrons. The molecule has 0 fully saturated rings. The zero-order valence-electron chi connectivity index (χ0n) is 7.53. The van der Waals surface area contributed by atoms with Gasteiger partial charge in [0.15, 0.2) is 0 Å². The van der Waals surface area contributed by atoms with Crippen LogP contribution in [-0.2, 0) is 11.2 Å². The number of fused-ring (bicyclic) bond motifs is 1. The maximum Gasteiger partial charge on any atom is 0.331 e.